The summed E-state index contributed by atoms with van der Waals surface area (Å²) in [6.45, 7) is 2.47. The lowest BCUT2D eigenvalue weighted by molar-refractivity contribution is 0.0911. The minimum absolute atomic E-state index is 0.179. The lowest BCUT2D eigenvalue weighted by Crippen LogP contribution is -2.37. The van der Waals surface area contributed by atoms with Gasteiger partial charge in [0.05, 0.1) is 5.69 Å². The van der Waals surface area contributed by atoms with Gasteiger partial charge in [-0.1, -0.05) is 24.4 Å². The van der Waals surface area contributed by atoms with Gasteiger partial charge in [-0.15, -0.1) is 0 Å². The van der Waals surface area contributed by atoms with Crippen LogP contribution in [0.2, 0.25) is 0 Å². The molecule has 0 unspecified atom stereocenters. The lowest BCUT2D eigenvalue weighted by Gasteiger charge is -2.23. The van der Waals surface area contributed by atoms with Crippen molar-refractivity contribution in [2.24, 2.45) is 0 Å². The summed E-state index contributed by atoms with van der Waals surface area (Å²) < 4.78 is 6.89. The molecule has 2 aliphatic rings. The van der Waals surface area contributed by atoms with Gasteiger partial charge < -0.3 is 19.7 Å². The number of hydrogen-bond acceptors (Lipinski definition) is 5. The van der Waals surface area contributed by atoms with Crippen LogP contribution in [0, 0.1) is 6.92 Å². The second-order valence-electron chi connectivity index (χ2n) is 7.42. The Morgan fingerprint density at radius 3 is 2.70 bits per heavy atom. The molecule has 2 aromatic heterocycles. The second kappa shape index (κ2) is 7.54. The standard InChI is InChI=1S/C19H25N5O3/c1-12-11-15(23-27-12)21-18(25)16-14-9-5-6-10-24(14)17(22-16)19(26)20-13-7-3-2-4-8-13/h11,13H,2-10H2,1H3,(H,20,26)(H,21,23,25). The molecule has 2 amide bonds. The Kier molecular flexibility index (Phi) is 4.96. The molecule has 27 heavy (non-hydrogen) atoms. The normalized spacial score (nSPS) is 17.4. The second-order valence-corrected chi connectivity index (χ2v) is 7.42. The van der Waals surface area contributed by atoms with Crippen molar-refractivity contribution in [3.05, 3.63) is 29.0 Å². The summed E-state index contributed by atoms with van der Waals surface area (Å²) in [5.41, 5.74) is 1.14. The molecule has 8 nitrogen and oxygen atoms in total. The van der Waals surface area contributed by atoms with Crippen molar-refractivity contribution < 1.29 is 14.1 Å². The third-order valence-corrected chi connectivity index (χ3v) is 5.35. The maximum atomic E-state index is 12.8. The molecule has 0 spiro atoms. The lowest BCUT2D eigenvalue weighted by atomic mass is 9.95. The average Bonchev–Trinajstić information content (AvgIpc) is 3.26. The molecule has 0 aromatic carbocycles. The fourth-order valence-corrected chi connectivity index (χ4v) is 4.00. The molecular weight excluding hydrogens is 346 g/mol. The predicted octanol–water partition coefficient (Wildman–Crippen LogP) is 2.83. The zero-order valence-corrected chi connectivity index (χ0v) is 15.6. The van der Waals surface area contributed by atoms with Crippen LogP contribution in [0.4, 0.5) is 5.82 Å². The summed E-state index contributed by atoms with van der Waals surface area (Å²) in [6.07, 6.45) is 8.26. The van der Waals surface area contributed by atoms with Gasteiger partial charge in [-0.05, 0) is 39.0 Å². The number of fused-ring (bicyclic) bond motifs is 1. The van der Waals surface area contributed by atoms with E-state index in [0.29, 0.717) is 29.6 Å². The fraction of sp³-hybridized carbons (Fsp3) is 0.579. The maximum absolute atomic E-state index is 12.8. The van der Waals surface area contributed by atoms with E-state index < -0.39 is 0 Å². The van der Waals surface area contributed by atoms with Crippen LogP contribution in [0.3, 0.4) is 0 Å². The number of nitrogens with one attached hydrogen (secondary N) is 2. The number of aryl methyl sites for hydroxylation is 1. The third kappa shape index (κ3) is 3.74. The van der Waals surface area contributed by atoms with Gasteiger partial charge in [0, 0.05) is 18.7 Å². The zero-order chi connectivity index (χ0) is 18.8. The van der Waals surface area contributed by atoms with Crippen LogP contribution in [-0.4, -0.2) is 32.6 Å². The summed E-state index contributed by atoms with van der Waals surface area (Å²) in [5.74, 6) is 0.775. The van der Waals surface area contributed by atoms with E-state index in [1.54, 1.807) is 13.0 Å². The smallest absolute Gasteiger partial charge is 0.287 e. The number of amides is 2. The first-order valence-electron chi connectivity index (χ1n) is 9.77. The van der Waals surface area contributed by atoms with Gasteiger partial charge in [-0.25, -0.2) is 4.98 Å². The van der Waals surface area contributed by atoms with E-state index in [-0.39, 0.29) is 17.9 Å². The molecule has 1 fully saturated rings. The largest absolute Gasteiger partial charge is 0.360 e. The summed E-state index contributed by atoms with van der Waals surface area (Å²) in [6, 6.07) is 1.86. The zero-order valence-electron chi connectivity index (χ0n) is 15.6. The number of nitrogens with zero attached hydrogens (tertiary/aromatic N) is 3. The Morgan fingerprint density at radius 2 is 1.96 bits per heavy atom. The van der Waals surface area contributed by atoms with Crippen molar-refractivity contribution in [2.75, 3.05) is 5.32 Å². The molecule has 0 atom stereocenters. The van der Waals surface area contributed by atoms with Gasteiger partial charge in [-0.2, -0.15) is 0 Å². The van der Waals surface area contributed by atoms with E-state index in [0.717, 1.165) is 50.6 Å². The van der Waals surface area contributed by atoms with Gasteiger partial charge in [0.25, 0.3) is 11.8 Å². The number of rotatable bonds is 4. The number of hydrogen-bond donors (Lipinski definition) is 2. The van der Waals surface area contributed by atoms with Crippen molar-refractivity contribution in [2.45, 2.75) is 70.9 Å². The molecule has 0 bridgehead atoms. The molecule has 2 aromatic rings. The summed E-state index contributed by atoms with van der Waals surface area (Å²) in [4.78, 5) is 30.0. The minimum atomic E-state index is -0.356. The summed E-state index contributed by atoms with van der Waals surface area (Å²) >= 11 is 0. The molecule has 4 rings (SSSR count). The van der Waals surface area contributed by atoms with Crippen LogP contribution in [0.25, 0.3) is 0 Å². The first kappa shape index (κ1) is 17.8. The number of carbonyl (C=O) groups is 2. The third-order valence-electron chi connectivity index (χ3n) is 5.35. The first-order valence-corrected chi connectivity index (χ1v) is 9.77. The Morgan fingerprint density at radius 1 is 1.15 bits per heavy atom. The highest BCUT2D eigenvalue weighted by molar-refractivity contribution is 6.04. The van der Waals surface area contributed by atoms with Crippen molar-refractivity contribution >= 4 is 17.6 Å². The van der Waals surface area contributed by atoms with Gasteiger partial charge in [-0.3, -0.25) is 9.59 Å². The van der Waals surface area contributed by atoms with Gasteiger partial charge in [0.2, 0.25) is 0 Å². The van der Waals surface area contributed by atoms with E-state index in [4.69, 9.17) is 4.52 Å². The topological polar surface area (TPSA) is 102 Å². The number of imidazole rings is 1. The van der Waals surface area contributed by atoms with E-state index >= 15 is 0 Å². The Balaban J connectivity index is 1.57. The van der Waals surface area contributed by atoms with Gasteiger partial charge in [0.15, 0.2) is 17.3 Å². The number of anilines is 1. The van der Waals surface area contributed by atoms with Crippen molar-refractivity contribution in [3.63, 3.8) is 0 Å². The van der Waals surface area contributed by atoms with E-state index in [1.807, 2.05) is 4.57 Å². The highest BCUT2D eigenvalue weighted by Crippen LogP contribution is 2.23. The maximum Gasteiger partial charge on any atom is 0.287 e. The molecule has 0 radical (unpaired) electrons. The molecule has 1 saturated carbocycles. The first-order chi connectivity index (χ1) is 13.1. The summed E-state index contributed by atoms with van der Waals surface area (Å²) in [5, 5.41) is 9.61. The number of carbonyl (C=O) groups excluding carboxylic acids is 2. The van der Waals surface area contributed by atoms with E-state index in [9.17, 15) is 9.59 Å². The van der Waals surface area contributed by atoms with E-state index in [1.165, 1.54) is 6.42 Å². The van der Waals surface area contributed by atoms with Crippen molar-refractivity contribution in [1.82, 2.24) is 20.0 Å². The van der Waals surface area contributed by atoms with Gasteiger partial charge in [0.1, 0.15) is 5.76 Å². The Bertz CT molecular complexity index is 848. The molecule has 0 saturated heterocycles. The molecule has 2 N–H and O–H groups in total. The number of aromatic nitrogens is 3. The van der Waals surface area contributed by atoms with Crippen LogP contribution < -0.4 is 10.6 Å². The van der Waals surface area contributed by atoms with Crippen LogP contribution in [0.1, 0.15) is 77.5 Å². The predicted molar refractivity (Wildman–Crippen MR) is 98.7 cm³/mol. The Labute approximate surface area is 157 Å². The van der Waals surface area contributed by atoms with Crippen LogP contribution in [0.5, 0.6) is 0 Å². The van der Waals surface area contributed by atoms with E-state index in [2.05, 4.69) is 20.8 Å². The molecule has 3 heterocycles. The van der Waals surface area contributed by atoms with Crippen LogP contribution >= 0.6 is 0 Å². The molecule has 144 valence electrons. The molecule has 1 aliphatic carbocycles. The highest BCUT2D eigenvalue weighted by Gasteiger charge is 2.29. The van der Waals surface area contributed by atoms with Crippen LogP contribution in [-0.2, 0) is 13.0 Å². The average molecular weight is 371 g/mol. The molecule has 8 heteroatoms. The van der Waals surface area contributed by atoms with Crippen molar-refractivity contribution in [3.8, 4) is 0 Å². The highest BCUT2D eigenvalue weighted by atomic mass is 16.5. The minimum Gasteiger partial charge on any atom is -0.360 e. The summed E-state index contributed by atoms with van der Waals surface area (Å²) in [7, 11) is 0. The fourth-order valence-electron chi connectivity index (χ4n) is 4.00. The quantitative estimate of drug-likeness (QED) is 0.860. The monoisotopic (exact) mass is 371 g/mol. The Hall–Kier alpha value is -2.64. The molecule has 1 aliphatic heterocycles. The molecular formula is C19H25N5O3. The van der Waals surface area contributed by atoms with Gasteiger partial charge >= 0.3 is 0 Å². The van der Waals surface area contributed by atoms with Crippen LogP contribution in [0.15, 0.2) is 10.6 Å². The van der Waals surface area contributed by atoms with Crippen molar-refractivity contribution in [1.29, 1.82) is 0 Å². The SMILES string of the molecule is Cc1cc(NC(=O)c2nc(C(=O)NC3CCCCC3)n3c2CCCC3)no1.